The van der Waals surface area contributed by atoms with E-state index in [1.807, 2.05) is 0 Å². The predicted molar refractivity (Wildman–Crippen MR) is 87.7 cm³/mol. The monoisotopic (exact) mass is 364 g/mol. The van der Waals surface area contributed by atoms with E-state index >= 15 is 0 Å². The van der Waals surface area contributed by atoms with Gasteiger partial charge in [0.05, 0.1) is 6.54 Å². The number of amides is 1. The van der Waals surface area contributed by atoms with Crippen molar-refractivity contribution in [3.63, 3.8) is 0 Å². The van der Waals surface area contributed by atoms with Gasteiger partial charge in [0.1, 0.15) is 18.9 Å². The fourth-order valence-corrected chi connectivity index (χ4v) is 2.35. The molecule has 0 bridgehead atoms. The molecule has 1 aromatic carbocycles. The minimum Gasteiger partial charge on any atom is -0.362 e. The second-order valence-electron chi connectivity index (χ2n) is 5.08. The van der Waals surface area contributed by atoms with Crippen molar-refractivity contribution in [1.29, 1.82) is 0 Å². The number of aromatic nitrogens is 5. The normalized spacial score (nSPS) is 10.8. The highest BCUT2D eigenvalue weighted by molar-refractivity contribution is 6.31. The van der Waals surface area contributed by atoms with Gasteiger partial charge in [-0.2, -0.15) is 5.10 Å². The quantitative estimate of drug-likeness (QED) is 0.724. The van der Waals surface area contributed by atoms with Crippen molar-refractivity contribution >= 4 is 23.5 Å². The standard InChI is InChI=1S/C15H14ClFN6O2/c1-25-9-22-6-5-13(20-22)14(24)19-15-18-8-23(21-15)7-10-11(16)3-2-4-12(10)17/h2-6,8H,7,9H2,1H3,(H,19,21,24). The van der Waals surface area contributed by atoms with Crippen molar-refractivity contribution in [3.05, 3.63) is 58.9 Å². The number of nitrogens with one attached hydrogen (secondary N) is 1. The smallest absolute Gasteiger partial charge is 0.278 e. The number of ether oxygens (including phenoxy) is 1. The van der Waals surface area contributed by atoms with Gasteiger partial charge in [-0.3, -0.25) is 10.1 Å². The van der Waals surface area contributed by atoms with Crippen molar-refractivity contribution in [2.75, 3.05) is 12.4 Å². The molecule has 1 amide bonds. The second-order valence-corrected chi connectivity index (χ2v) is 5.49. The number of methoxy groups -OCH3 is 1. The molecule has 0 aliphatic rings. The van der Waals surface area contributed by atoms with Crippen LogP contribution in [-0.2, 0) is 18.0 Å². The summed E-state index contributed by atoms with van der Waals surface area (Å²) in [7, 11) is 1.53. The highest BCUT2D eigenvalue weighted by Gasteiger charge is 2.13. The summed E-state index contributed by atoms with van der Waals surface area (Å²) in [5, 5.41) is 10.9. The van der Waals surface area contributed by atoms with Crippen LogP contribution in [0.25, 0.3) is 0 Å². The maximum absolute atomic E-state index is 13.8. The number of rotatable bonds is 6. The molecule has 130 valence electrons. The largest absolute Gasteiger partial charge is 0.362 e. The van der Waals surface area contributed by atoms with Crippen LogP contribution in [-0.4, -0.2) is 37.6 Å². The van der Waals surface area contributed by atoms with Gasteiger partial charge in [-0.1, -0.05) is 17.7 Å². The van der Waals surface area contributed by atoms with Crippen LogP contribution in [0.4, 0.5) is 10.3 Å². The average molecular weight is 365 g/mol. The van der Waals surface area contributed by atoms with E-state index in [-0.39, 0.29) is 24.9 Å². The zero-order valence-electron chi connectivity index (χ0n) is 13.2. The van der Waals surface area contributed by atoms with E-state index in [2.05, 4.69) is 20.5 Å². The summed E-state index contributed by atoms with van der Waals surface area (Å²) in [5.74, 6) is -0.812. The van der Waals surface area contributed by atoms with Gasteiger partial charge in [0.15, 0.2) is 5.69 Å². The summed E-state index contributed by atoms with van der Waals surface area (Å²) in [6.07, 6.45) is 2.99. The third-order valence-electron chi connectivity index (χ3n) is 3.28. The van der Waals surface area contributed by atoms with Gasteiger partial charge in [-0.25, -0.2) is 18.7 Å². The number of carbonyl (C=O) groups excluding carboxylic acids is 1. The Balaban J connectivity index is 1.68. The first-order valence-corrected chi connectivity index (χ1v) is 7.60. The molecule has 0 fully saturated rings. The van der Waals surface area contributed by atoms with Gasteiger partial charge < -0.3 is 4.74 Å². The molecule has 0 spiro atoms. The molecule has 10 heteroatoms. The second kappa shape index (κ2) is 7.41. The Bertz CT molecular complexity index is 874. The zero-order valence-corrected chi connectivity index (χ0v) is 13.9. The van der Waals surface area contributed by atoms with E-state index in [9.17, 15) is 9.18 Å². The molecule has 8 nitrogen and oxygen atoms in total. The van der Waals surface area contributed by atoms with Gasteiger partial charge in [0.25, 0.3) is 5.91 Å². The number of hydrogen-bond donors (Lipinski definition) is 1. The SMILES string of the molecule is COCn1ccc(C(=O)Nc2ncn(Cc3c(F)cccc3Cl)n2)n1. The van der Waals surface area contributed by atoms with Crippen LogP contribution in [0, 0.1) is 5.82 Å². The maximum atomic E-state index is 13.8. The molecular formula is C15H14ClFN6O2. The molecule has 1 N–H and O–H groups in total. The van der Waals surface area contributed by atoms with Crippen molar-refractivity contribution < 1.29 is 13.9 Å². The number of benzene rings is 1. The van der Waals surface area contributed by atoms with Gasteiger partial charge >= 0.3 is 0 Å². The van der Waals surface area contributed by atoms with E-state index in [4.69, 9.17) is 16.3 Å². The zero-order chi connectivity index (χ0) is 17.8. The molecule has 0 unspecified atom stereocenters. The predicted octanol–water partition coefficient (Wildman–Crippen LogP) is 2.17. The van der Waals surface area contributed by atoms with Crippen LogP contribution < -0.4 is 5.32 Å². The summed E-state index contributed by atoms with van der Waals surface area (Å²) >= 11 is 5.99. The molecular weight excluding hydrogens is 351 g/mol. The van der Waals surface area contributed by atoms with Crippen LogP contribution >= 0.6 is 11.6 Å². The molecule has 0 aliphatic carbocycles. The van der Waals surface area contributed by atoms with E-state index in [0.717, 1.165) is 0 Å². The van der Waals surface area contributed by atoms with Crippen LogP contribution in [0.3, 0.4) is 0 Å². The highest BCUT2D eigenvalue weighted by atomic mass is 35.5. The molecule has 3 rings (SSSR count). The van der Waals surface area contributed by atoms with E-state index < -0.39 is 11.7 Å². The molecule has 3 aromatic rings. The van der Waals surface area contributed by atoms with Crippen molar-refractivity contribution in [2.45, 2.75) is 13.3 Å². The van der Waals surface area contributed by atoms with Gasteiger partial charge in [0.2, 0.25) is 5.95 Å². The van der Waals surface area contributed by atoms with Crippen molar-refractivity contribution in [2.24, 2.45) is 0 Å². The molecule has 0 saturated heterocycles. The number of nitrogens with zero attached hydrogens (tertiary/aromatic N) is 5. The Morgan fingerprint density at radius 1 is 1.32 bits per heavy atom. The summed E-state index contributed by atoms with van der Waals surface area (Å²) < 4.78 is 21.6. The van der Waals surface area contributed by atoms with E-state index in [0.29, 0.717) is 10.6 Å². The van der Waals surface area contributed by atoms with Gasteiger partial charge in [-0.05, 0) is 18.2 Å². The lowest BCUT2D eigenvalue weighted by Gasteiger charge is -2.05. The lowest BCUT2D eigenvalue weighted by molar-refractivity contribution is 0.101. The minimum atomic E-state index is -0.462. The fraction of sp³-hybridized carbons (Fsp3) is 0.200. The topological polar surface area (TPSA) is 86.9 Å². The Kier molecular flexibility index (Phi) is 5.05. The highest BCUT2D eigenvalue weighted by Crippen LogP contribution is 2.19. The summed E-state index contributed by atoms with van der Waals surface area (Å²) in [6, 6.07) is 5.98. The van der Waals surface area contributed by atoms with Gasteiger partial charge in [0, 0.05) is 23.9 Å². The van der Waals surface area contributed by atoms with E-state index in [1.54, 1.807) is 18.3 Å². The number of anilines is 1. The molecule has 0 saturated carbocycles. The number of halogens is 2. The Hall–Kier alpha value is -2.78. The molecule has 2 heterocycles. The fourth-order valence-electron chi connectivity index (χ4n) is 2.13. The Morgan fingerprint density at radius 2 is 2.16 bits per heavy atom. The molecule has 0 atom stereocenters. The first-order valence-electron chi connectivity index (χ1n) is 7.23. The molecule has 2 aromatic heterocycles. The maximum Gasteiger partial charge on any atom is 0.278 e. The lowest BCUT2D eigenvalue weighted by Crippen LogP contribution is -2.15. The van der Waals surface area contributed by atoms with Crippen LogP contribution in [0.2, 0.25) is 5.02 Å². The average Bonchev–Trinajstić information content (AvgIpc) is 3.21. The first kappa shape index (κ1) is 17.1. The van der Waals surface area contributed by atoms with Crippen LogP contribution in [0.5, 0.6) is 0 Å². The first-order chi connectivity index (χ1) is 12.1. The number of carbonyl (C=O) groups is 1. The Labute approximate surface area is 147 Å². The lowest BCUT2D eigenvalue weighted by atomic mass is 10.2. The molecule has 0 aliphatic heterocycles. The molecule has 0 radical (unpaired) electrons. The van der Waals surface area contributed by atoms with E-state index in [1.165, 1.54) is 34.9 Å². The molecule has 25 heavy (non-hydrogen) atoms. The van der Waals surface area contributed by atoms with Crippen molar-refractivity contribution in [3.8, 4) is 0 Å². The third-order valence-corrected chi connectivity index (χ3v) is 3.63. The van der Waals surface area contributed by atoms with Crippen LogP contribution in [0.1, 0.15) is 16.1 Å². The number of hydrogen-bond acceptors (Lipinski definition) is 5. The van der Waals surface area contributed by atoms with Gasteiger partial charge in [-0.15, -0.1) is 5.10 Å². The third kappa shape index (κ3) is 4.01. The summed E-state index contributed by atoms with van der Waals surface area (Å²) in [5.41, 5.74) is 0.496. The van der Waals surface area contributed by atoms with Crippen LogP contribution in [0.15, 0.2) is 36.8 Å². The van der Waals surface area contributed by atoms with Crippen molar-refractivity contribution in [1.82, 2.24) is 24.5 Å². The summed E-state index contributed by atoms with van der Waals surface area (Å²) in [4.78, 5) is 16.1. The summed E-state index contributed by atoms with van der Waals surface area (Å²) in [6.45, 7) is 0.334. The Morgan fingerprint density at radius 3 is 2.92 bits per heavy atom. The minimum absolute atomic E-state index is 0.0822.